The SMILES string of the molecule is CCOC(=O)C1=CN(c2ccnc(Cl)n2)CCC1.CCOC(=O)C1=CNCCC1. The van der Waals surface area contributed by atoms with Crippen molar-refractivity contribution in [2.45, 2.75) is 39.5 Å². The lowest BCUT2D eigenvalue weighted by Crippen LogP contribution is -2.26. The lowest BCUT2D eigenvalue weighted by Gasteiger charge is -2.25. The number of esters is 2. The number of nitrogens with zero attached hydrogens (tertiary/aromatic N) is 3. The van der Waals surface area contributed by atoms with Crippen molar-refractivity contribution in [1.29, 1.82) is 0 Å². The van der Waals surface area contributed by atoms with Gasteiger partial charge in [-0.3, -0.25) is 0 Å². The summed E-state index contributed by atoms with van der Waals surface area (Å²) in [6.07, 6.45) is 8.59. The van der Waals surface area contributed by atoms with Gasteiger partial charge in [0.15, 0.2) is 0 Å². The van der Waals surface area contributed by atoms with Crippen molar-refractivity contribution < 1.29 is 19.1 Å². The topological polar surface area (TPSA) is 93.7 Å². The Balaban J connectivity index is 0.000000234. The van der Waals surface area contributed by atoms with E-state index in [0.29, 0.717) is 24.6 Å². The van der Waals surface area contributed by atoms with Gasteiger partial charge in [-0.2, -0.15) is 0 Å². The standard InChI is InChI=1S/C12H14ClN3O2.C8H13NO2/c1-2-18-11(17)9-4-3-7-16(8-9)10-5-6-14-12(13)15-10;1-2-11-8(10)7-4-3-5-9-6-7/h5-6,8H,2-4,7H2,1H3;6,9H,2-5H2,1H3. The highest BCUT2D eigenvalue weighted by molar-refractivity contribution is 6.28. The van der Waals surface area contributed by atoms with Crippen molar-refractivity contribution in [1.82, 2.24) is 15.3 Å². The van der Waals surface area contributed by atoms with Crippen LogP contribution >= 0.6 is 11.6 Å². The minimum atomic E-state index is -0.262. The average molecular weight is 423 g/mol. The number of ether oxygens (including phenoxy) is 2. The molecular formula is C20H27ClN4O4. The van der Waals surface area contributed by atoms with Crippen LogP contribution in [0.15, 0.2) is 35.8 Å². The molecule has 3 heterocycles. The summed E-state index contributed by atoms with van der Waals surface area (Å²) in [6, 6.07) is 1.76. The number of hydrogen-bond donors (Lipinski definition) is 1. The first kappa shape index (κ1) is 22.7. The van der Waals surface area contributed by atoms with Gasteiger partial charge >= 0.3 is 11.9 Å². The van der Waals surface area contributed by atoms with Crippen LogP contribution in [0.1, 0.15) is 39.5 Å². The van der Waals surface area contributed by atoms with Gasteiger partial charge in [0.25, 0.3) is 0 Å². The molecule has 1 N–H and O–H groups in total. The Kier molecular flexibility index (Phi) is 9.43. The molecule has 0 aliphatic carbocycles. The van der Waals surface area contributed by atoms with Gasteiger partial charge in [-0.25, -0.2) is 19.6 Å². The summed E-state index contributed by atoms with van der Waals surface area (Å²) in [5.41, 5.74) is 1.43. The summed E-state index contributed by atoms with van der Waals surface area (Å²) in [6.45, 7) is 6.21. The van der Waals surface area contributed by atoms with Crippen LogP contribution in [0.5, 0.6) is 0 Å². The number of hydrogen-bond acceptors (Lipinski definition) is 8. The van der Waals surface area contributed by atoms with Crippen LogP contribution in [0, 0.1) is 0 Å². The summed E-state index contributed by atoms with van der Waals surface area (Å²) in [5.74, 6) is 0.249. The first-order valence-electron chi connectivity index (χ1n) is 9.77. The molecule has 1 aromatic rings. The highest BCUT2D eigenvalue weighted by Gasteiger charge is 2.19. The predicted octanol–water partition coefficient (Wildman–Crippen LogP) is 2.99. The van der Waals surface area contributed by atoms with Crippen LogP contribution in [-0.4, -0.2) is 48.2 Å². The van der Waals surface area contributed by atoms with Crippen molar-refractivity contribution in [3.05, 3.63) is 41.1 Å². The largest absolute Gasteiger partial charge is 0.463 e. The molecule has 1 aromatic heterocycles. The number of aromatic nitrogens is 2. The highest BCUT2D eigenvalue weighted by atomic mass is 35.5. The van der Waals surface area contributed by atoms with Gasteiger partial charge in [0.2, 0.25) is 5.28 Å². The Labute approximate surface area is 175 Å². The Bertz CT molecular complexity index is 767. The molecule has 8 nitrogen and oxygen atoms in total. The fraction of sp³-hybridized carbons (Fsp3) is 0.500. The van der Waals surface area contributed by atoms with E-state index in [2.05, 4.69) is 15.3 Å². The zero-order valence-corrected chi connectivity index (χ0v) is 17.6. The number of nitrogens with one attached hydrogen (secondary N) is 1. The van der Waals surface area contributed by atoms with E-state index in [1.165, 1.54) is 0 Å². The molecular weight excluding hydrogens is 396 g/mol. The van der Waals surface area contributed by atoms with Gasteiger partial charge in [0, 0.05) is 31.7 Å². The summed E-state index contributed by atoms with van der Waals surface area (Å²) in [4.78, 5) is 32.6. The first-order valence-corrected chi connectivity index (χ1v) is 10.2. The van der Waals surface area contributed by atoms with Gasteiger partial charge in [0.05, 0.1) is 24.4 Å². The molecule has 0 aromatic carbocycles. The second-order valence-electron chi connectivity index (χ2n) is 6.30. The second kappa shape index (κ2) is 12.1. The summed E-state index contributed by atoms with van der Waals surface area (Å²) in [5, 5.41) is 3.21. The number of carbonyl (C=O) groups excluding carboxylic acids is 2. The zero-order valence-electron chi connectivity index (χ0n) is 16.8. The molecule has 2 aliphatic rings. The van der Waals surface area contributed by atoms with Crippen molar-refractivity contribution in [3.63, 3.8) is 0 Å². The van der Waals surface area contributed by atoms with E-state index in [-0.39, 0.29) is 17.2 Å². The van der Waals surface area contributed by atoms with E-state index in [1.54, 1.807) is 31.6 Å². The van der Waals surface area contributed by atoms with Gasteiger partial charge in [-0.05, 0) is 57.2 Å². The van der Waals surface area contributed by atoms with E-state index in [9.17, 15) is 9.59 Å². The molecule has 0 saturated carbocycles. The molecule has 0 saturated heterocycles. The smallest absolute Gasteiger partial charge is 0.335 e. The van der Waals surface area contributed by atoms with Crippen molar-refractivity contribution in [2.24, 2.45) is 0 Å². The third kappa shape index (κ3) is 7.38. The van der Waals surface area contributed by atoms with Gasteiger partial charge < -0.3 is 19.7 Å². The average Bonchev–Trinajstić information content (AvgIpc) is 2.75. The van der Waals surface area contributed by atoms with Crippen LogP contribution in [-0.2, 0) is 19.1 Å². The Morgan fingerprint density at radius 1 is 1.14 bits per heavy atom. The molecule has 29 heavy (non-hydrogen) atoms. The maximum absolute atomic E-state index is 11.7. The number of anilines is 1. The third-order valence-corrected chi connectivity index (χ3v) is 4.36. The normalized spacial score (nSPS) is 15.8. The Hall–Kier alpha value is -2.61. The van der Waals surface area contributed by atoms with E-state index < -0.39 is 0 Å². The van der Waals surface area contributed by atoms with E-state index in [4.69, 9.17) is 21.1 Å². The van der Waals surface area contributed by atoms with Gasteiger partial charge in [-0.15, -0.1) is 0 Å². The first-order chi connectivity index (χ1) is 14.0. The minimum Gasteiger partial charge on any atom is -0.463 e. The molecule has 0 unspecified atom stereocenters. The fourth-order valence-electron chi connectivity index (χ4n) is 2.84. The highest BCUT2D eigenvalue weighted by Crippen LogP contribution is 2.21. The minimum absolute atomic E-state index is 0.181. The molecule has 0 spiro atoms. The van der Waals surface area contributed by atoms with Crippen LogP contribution in [0.2, 0.25) is 5.28 Å². The molecule has 158 valence electrons. The molecule has 2 aliphatic heterocycles. The zero-order chi connectivity index (χ0) is 21.1. The monoisotopic (exact) mass is 422 g/mol. The molecule has 9 heteroatoms. The second-order valence-corrected chi connectivity index (χ2v) is 6.64. The summed E-state index contributed by atoms with van der Waals surface area (Å²) < 4.78 is 9.83. The molecule has 0 fully saturated rings. The predicted molar refractivity (Wildman–Crippen MR) is 110 cm³/mol. The third-order valence-electron chi connectivity index (χ3n) is 4.18. The van der Waals surface area contributed by atoms with Crippen molar-refractivity contribution in [3.8, 4) is 0 Å². The van der Waals surface area contributed by atoms with Crippen LogP contribution < -0.4 is 10.2 Å². The van der Waals surface area contributed by atoms with Crippen molar-refractivity contribution in [2.75, 3.05) is 31.2 Å². The number of rotatable bonds is 5. The lowest BCUT2D eigenvalue weighted by atomic mass is 10.1. The molecule has 0 radical (unpaired) electrons. The molecule has 0 atom stereocenters. The Morgan fingerprint density at radius 2 is 1.83 bits per heavy atom. The van der Waals surface area contributed by atoms with Crippen LogP contribution in [0.4, 0.5) is 5.82 Å². The fourth-order valence-corrected chi connectivity index (χ4v) is 2.98. The van der Waals surface area contributed by atoms with E-state index >= 15 is 0 Å². The van der Waals surface area contributed by atoms with Gasteiger partial charge in [0.1, 0.15) is 5.82 Å². The maximum atomic E-state index is 11.7. The van der Waals surface area contributed by atoms with Crippen LogP contribution in [0.3, 0.4) is 0 Å². The summed E-state index contributed by atoms with van der Waals surface area (Å²) in [7, 11) is 0. The van der Waals surface area contributed by atoms with Crippen molar-refractivity contribution >= 4 is 29.4 Å². The van der Waals surface area contributed by atoms with Gasteiger partial charge in [-0.1, -0.05) is 0 Å². The molecule has 0 bridgehead atoms. The van der Waals surface area contributed by atoms with E-state index in [0.717, 1.165) is 44.3 Å². The quantitative estimate of drug-likeness (QED) is 0.571. The molecule has 3 rings (SSSR count). The number of halogens is 1. The van der Waals surface area contributed by atoms with Crippen LogP contribution in [0.25, 0.3) is 0 Å². The van der Waals surface area contributed by atoms with E-state index in [1.807, 2.05) is 11.8 Å². The number of carbonyl (C=O) groups is 2. The maximum Gasteiger partial charge on any atom is 0.335 e. The lowest BCUT2D eigenvalue weighted by molar-refractivity contribution is -0.139. The molecule has 0 amide bonds. The summed E-state index contributed by atoms with van der Waals surface area (Å²) >= 11 is 5.75. The Morgan fingerprint density at radius 3 is 2.45 bits per heavy atom.